The Hall–Kier alpha value is -3.26. The number of aryl methyl sites for hydroxylation is 2. The number of rotatable bonds is 5. The Morgan fingerprint density at radius 2 is 2.03 bits per heavy atom. The Morgan fingerprint density at radius 3 is 2.72 bits per heavy atom. The van der Waals surface area contributed by atoms with Gasteiger partial charge in [-0.25, -0.2) is 9.97 Å². The van der Waals surface area contributed by atoms with E-state index in [0.717, 1.165) is 60.0 Å². The SMILES string of the molecule is CCc1nc(Nc2ccc(-n3cnc(C)c3)cc2)nc2c1CC(=O)[C@H]1C[C@@H](OC)CCN21. The summed E-state index contributed by atoms with van der Waals surface area (Å²) in [6, 6.07) is 7.93. The third-order valence-corrected chi connectivity index (χ3v) is 6.42. The Bertz CT molecular complexity index is 1140. The van der Waals surface area contributed by atoms with E-state index in [1.165, 1.54) is 0 Å². The van der Waals surface area contributed by atoms with Gasteiger partial charge in [0.25, 0.3) is 0 Å². The maximum atomic E-state index is 12.9. The zero-order valence-electron chi connectivity index (χ0n) is 18.7. The van der Waals surface area contributed by atoms with Gasteiger partial charge in [-0.2, -0.15) is 4.98 Å². The van der Waals surface area contributed by atoms with Crippen LogP contribution in [0.2, 0.25) is 0 Å². The maximum Gasteiger partial charge on any atom is 0.229 e. The number of anilines is 3. The number of Topliss-reactive ketones (excluding diaryl/α,β-unsaturated/α-hetero) is 1. The highest BCUT2D eigenvalue weighted by atomic mass is 16.5. The van der Waals surface area contributed by atoms with Crippen LogP contribution in [-0.4, -0.2) is 51.1 Å². The van der Waals surface area contributed by atoms with Gasteiger partial charge < -0.3 is 19.5 Å². The third-order valence-electron chi connectivity index (χ3n) is 6.42. The molecule has 0 aliphatic carbocycles. The highest BCUT2D eigenvalue weighted by Crippen LogP contribution is 2.35. The zero-order valence-corrected chi connectivity index (χ0v) is 18.7. The molecule has 0 bridgehead atoms. The van der Waals surface area contributed by atoms with Crippen LogP contribution in [0.25, 0.3) is 5.69 Å². The number of fused-ring (bicyclic) bond motifs is 3. The molecule has 8 nitrogen and oxygen atoms in total. The average molecular weight is 433 g/mol. The van der Waals surface area contributed by atoms with Crippen LogP contribution in [0.4, 0.5) is 17.5 Å². The minimum Gasteiger partial charge on any atom is -0.381 e. The van der Waals surface area contributed by atoms with Gasteiger partial charge in [0.05, 0.1) is 29.9 Å². The van der Waals surface area contributed by atoms with E-state index >= 15 is 0 Å². The van der Waals surface area contributed by atoms with Crippen LogP contribution in [0.1, 0.15) is 36.7 Å². The normalized spacial score (nSPS) is 20.1. The number of aromatic nitrogens is 4. The summed E-state index contributed by atoms with van der Waals surface area (Å²) in [4.78, 5) is 28.9. The second-order valence-electron chi connectivity index (χ2n) is 8.48. The van der Waals surface area contributed by atoms with Crippen LogP contribution >= 0.6 is 0 Å². The number of imidazole rings is 1. The molecule has 1 aromatic carbocycles. The fourth-order valence-corrected chi connectivity index (χ4v) is 4.69. The lowest BCUT2D eigenvalue weighted by Crippen LogP contribution is -2.53. The first-order chi connectivity index (χ1) is 15.6. The van der Waals surface area contributed by atoms with Crippen molar-refractivity contribution in [1.82, 2.24) is 19.5 Å². The molecule has 1 saturated heterocycles. The molecule has 4 heterocycles. The number of benzene rings is 1. The topological polar surface area (TPSA) is 85.2 Å². The second-order valence-corrected chi connectivity index (χ2v) is 8.48. The molecule has 166 valence electrons. The van der Waals surface area contributed by atoms with Gasteiger partial charge in [-0.3, -0.25) is 4.79 Å². The minimum atomic E-state index is -0.161. The van der Waals surface area contributed by atoms with Gasteiger partial charge in [0, 0.05) is 49.6 Å². The number of carbonyl (C=O) groups excluding carboxylic acids is 1. The molecule has 0 saturated carbocycles. The summed E-state index contributed by atoms with van der Waals surface area (Å²) < 4.78 is 7.53. The zero-order chi connectivity index (χ0) is 22.2. The lowest BCUT2D eigenvalue weighted by atomic mass is 9.88. The van der Waals surface area contributed by atoms with E-state index in [9.17, 15) is 4.79 Å². The van der Waals surface area contributed by atoms with Crippen LogP contribution in [0, 0.1) is 6.92 Å². The smallest absolute Gasteiger partial charge is 0.229 e. The minimum absolute atomic E-state index is 0.129. The van der Waals surface area contributed by atoms with Gasteiger partial charge in [0.2, 0.25) is 5.95 Å². The Morgan fingerprint density at radius 1 is 1.22 bits per heavy atom. The van der Waals surface area contributed by atoms with Gasteiger partial charge >= 0.3 is 0 Å². The van der Waals surface area contributed by atoms with Gasteiger partial charge in [0.1, 0.15) is 5.82 Å². The van der Waals surface area contributed by atoms with Crippen LogP contribution in [-0.2, 0) is 22.4 Å². The van der Waals surface area contributed by atoms with Crippen molar-refractivity contribution in [3.05, 3.63) is 53.7 Å². The van der Waals surface area contributed by atoms with Crippen molar-refractivity contribution in [3.63, 3.8) is 0 Å². The summed E-state index contributed by atoms with van der Waals surface area (Å²) in [5.41, 5.74) is 4.84. The first-order valence-corrected chi connectivity index (χ1v) is 11.2. The molecule has 2 aromatic heterocycles. The average Bonchev–Trinajstić information content (AvgIpc) is 3.25. The highest BCUT2D eigenvalue weighted by Gasteiger charge is 2.40. The summed E-state index contributed by atoms with van der Waals surface area (Å²) in [5, 5.41) is 3.36. The number of ether oxygens (including phenoxy) is 1. The van der Waals surface area contributed by atoms with Crippen LogP contribution < -0.4 is 10.2 Å². The summed E-state index contributed by atoms with van der Waals surface area (Å²) in [7, 11) is 1.72. The molecule has 2 aliphatic rings. The molecule has 1 N–H and O–H groups in total. The summed E-state index contributed by atoms with van der Waals surface area (Å²) in [6.45, 7) is 4.81. The summed E-state index contributed by atoms with van der Waals surface area (Å²) >= 11 is 0. The van der Waals surface area contributed by atoms with E-state index < -0.39 is 0 Å². The van der Waals surface area contributed by atoms with E-state index in [1.54, 1.807) is 7.11 Å². The van der Waals surface area contributed by atoms with Gasteiger partial charge in [-0.15, -0.1) is 0 Å². The van der Waals surface area contributed by atoms with E-state index in [-0.39, 0.29) is 17.9 Å². The Labute approximate surface area is 187 Å². The Kier molecular flexibility index (Phi) is 5.38. The van der Waals surface area contributed by atoms with E-state index in [4.69, 9.17) is 14.7 Å². The number of piperidine rings is 1. The maximum absolute atomic E-state index is 12.9. The van der Waals surface area contributed by atoms with E-state index in [0.29, 0.717) is 12.4 Å². The van der Waals surface area contributed by atoms with Crippen molar-refractivity contribution in [2.45, 2.75) is 51.7 Å². The Balaban J connectivity index is 1.43. The molecule has 1 fully saturated rings. The molecule has 0 radical (unpaired) electrons. The van der Waals surface area contributed by atoms with Gasteiger partial charge in [-0.05, 0) is 44.0 Å². The molecule has 32 heavy (non-hydrogen) atoms. The number of nitrogens with one attached hydrogen (secondary N) is 1. The number of nitrogens with zero attached hydrogens (tertiary/aromatic N) is 5. The molecular weight excluding hydrogens is 404 g/mol. The van der Waals surface area contributed by atoms with Crippen molar-refractivity contribution in [2.75, 3.05) is 23.9 Å². The second kappa shape index (κ2) is 8.35. The van der Waals surface area contributed by atoms with Gasteiger partial charge in [-0.1, -0.05) is 6.92 Å². The van der Waals surface area contributed by atoms with Gasteiger partial charge in [0.15, 0.2) is 5.78 Å². The molecular formula is C24H28N6O2. The van der Waals surface area contributed by atoms with Crippen molar-refractivity contribution in [2.24, 2.45) is 0 Å². The predicted molar refractivity (Wildman–Crippen MR) is 123 cm³/mol. The largest absolute Gasteiger partial charge is 0.381 e. The molecule has 2 atom stereocenters. The molecule has 0 spiro atoms. The molecule has 2 aliphatic heterocycles. The monoisotopic (exact) mass is 432 g/mol. The summed E-state index contributed by atoms with van der Waals surface area (Å²) in [5.74, 6) is 1.70. The van der Waals surface area contributed by atoms with Crippen molar-refractivity contribution < 1.29 is 9.53 Å². The third kappa shape index (κ3) is 3.75. The van der Waals surface area contributed by atoms with Crippen LogP contribution in [0.3, 0.4) is 0 Å². The quantitative estimate of drug-likeness (QED) is 0.661. The standard InChI is InChI=1S/C24H28N6O2/c1-4-20-19-12-22(31)21-11-18(32-3)9-10-30(21)23(19)28-24(27-20)26-16-5-7-17(8-6-16)29-13-15(2)25-14-29/h5-8,13-14,18,21H,4,9-12H2,1-3H3,(H,26,27,28)/t18-,21+/m0/s1. The number of methoxy groups -OCH3 is 1. The first-order valence-electron chi connectivity index (χ1n) is 11.2. The van der Waals surface area contributed by atoms with Crippen LogP contribution in [0.5, 0.6) is 0 Å². The van der Waals surface area contributed by atoms with Crippen molar-refractivity contribution >= 4 is 23.2 Å². The molecule has 0 amide bonds. The van der Waals surface area contributed by atoms with Crippen molar-refractivity contribution in [3.8, 4) is 5.69 Å². The fraction of sp³-hybridized carbons (Fsp3) is 0.417. The molecule has 3 aromatic rings. The molecule has 0 unspecified atom stereocenters. The number of hydrogen-bond donors (Lipinski definition) is 1. The predicted octanol–water partition coefficient (Wildman–Crippen LogP) is 3.39. The lowest BCUT2D eigenvalue weighted by molar-refractivity contribution is -0.121. The number of ketones is 1. The molecule has 5 rings (SSSR count). The molecule has 8 heteroatoms. The number of carbonyl (C=O) groups is 1. The van der Waals surface area contributed by atoms with E-state index in [2.05, 4.69) is 22.1 Å². The highest BCUT2D eigenvalue weighted by molar-refractivity contribution is 5.93. The fourth-order valence-electron chi connectivity index (χ4n) is 4.69. The van der Waals surface area contributed by atoms with Crippen molar-refractivity contribution in [1.29, 1.82) is 0 Å². The first kappa shape index (κ1) is 20.6. The number of hydrogen-bond acceptors (Lipinski definition) is 7. The lowest BCUT2D eigenvalue weighted by Gasteiger charge is -2.42. The van der Waals surface area contributed by atoms with Crippen LogP contribution in [0.15, 0.2) is 36.8 Å². The summed E-state index contributed by atoms with van der Waals surface area (Å²) in [6.07, 6.45) is 6.70. The van der Waals surface area contributed by atoms with E-state index in [1.807, 2.05) is 48.3 Å².